The first-order chi connectivity index (χ1) is 7.88. The van der Waals surface area contributed by atoms with Crippen LogP contribution in [-0.4, -0.2) is 23.0 Å². The monoisotopic (exact) mass is 241 g/mol. The lowest BCUT2D eigenvalue weighted by Gasteiger charge is -2.37. The summed E-state index contributed by atoms with van der Waals surface area (Å²) < 4.78 is 0. The van der Waals surface area contributed by atoms with E-state index in [0.717, 1.165) is 25.7 Å². The molecule has 1 aliphatic rings. The second kappa shape index (κ2) is 5.52. The third-order valence-corrected chi connectivity index (χ3v) is 3.85. The van der Waals surface area contributed by atoms with Crippen molar-refractivity contribution in [3.05, 3.63) is 0 Å². The number of carboxylic acids is 1. The molecule has 1 aliphatic carbocycles. The molecule has 2 unspecified atom stereocenters. The largest absolute Gasteiger partial charge is 0.480 e. The van der Waals surface area contributed by atoms with Crippen LogP contribution in [0.3, 0.4) is 0 Å². The van der Waals surface area contributed by atoms with Gasteiger partial charge in [-0.05, 0) is 24.7 Å². The Balaban J connectivity index is 2.65. The van der Waals surface area contributed by atoms with Crippen molar-refractivity contribution in [2.45, 2.75) is 58.9 Å². The minimum atomic E-state index is -0.950. The SMILES string of the molecule is CCC(NC(=O)C1CCCCC1(C)C)C(=O)O. The van der Waals surface area contributed by atoms with E-state index < -0.39 is 12.0 Å². The number of aliphatic carboxylic acids is 1. The third-order valence-electron chi connectivity index (χ3n) is 3.85. The molecule has 0 radical (unpaired) electrons. The Hall–Kier alpha value is -1.06. The van der Waals surface area contributed by atoms with E-state index in [4.69, 9.17) is 5.11 Å². The molecule has 17 heavy (non-hydrogen) atoms. The lowest BCUT2D eigenvalue weighted by molar-refractivity contribution is -0.143. The number of hydrogen-bond acceptors (Lipinski definition) is 2. The Morgan fingerprint density at radius 2 is 2.06 bits per heavy atom. The standard InChI is InChI=1S/C13H23NO3/c1-4-10(12(16)17)14-11(15)9-7-5-6-8-13(9,2)3/h9-10H,4-8H2,1-3H3,(H,14,15)(H,16,17). The smallest absolute Gasteiger partial charge is 0.326 e. The number of carboxylic acid groups (broad SMARTS) is 1. The summed E-state index contributed by atoms with van der Waals surface area (Å²) in [5.41, 5.74) is -0.0148. The van der Waals surface area contributed by atoms with Gasteiger partial charge in [-0.25, -0.2) is 4.79 Å². The predicted octanol–water partition coefficient (Wildman–Crippen LogP) is 2.18. The molecule has 0 aromatic heterocycles. The maximum absolute atomic E-state index is 12.1. The summed E-state index contributed by atoms with van der Waals surface area (Å²) in [6, 6.07) is -0.750. The zero-order valence-electron chi connectivity index (χ0n) is 11.0. The van der Waals surface area contributed by atoms with Crippen molar-refractivity contribution >= 4 is 11.9 Å². The fraction of sp³-hybridized carbons (Fsp3) is 0.846. The van der Waals surface area contributed by atoms with Gasteiger partial charge in [-0.15, -0.1) is 0 Å². The van der Waals surface area contributed by atoms with Gasteiger partial charge >= 0.3 is 5.97 Å². The third kappa shape index (κ3) is 3.45. The molecule has 2 N–H and O–H groups in total. The van der Waals surface area contributed by atoms with Crippen LogP contribution in [0.4, 0.5) is 0 Å². The highest BCUT2D eigenvalue weighted by Crippen LogP contribution is 2.40. The Kier molecular flexibility index (Phi) is 4.54. The molecule has 0 bridgehead atoms. The highest BCUT2D eigenvalue weighted by atomic mass is 16.4. The van der Waals surface area contributed by atoms with Crippen LogP contribution < -0.4 is 5.32 Å². The number of carbonyl (C=O) groups is 2. The Morgan fingerprint density at radius 3 is 2.53 bits per heavy atom. The van der Waals surface area contributed by atoms with E-state index in [-0.39, 0.29) is 17.2 Å². The van der Waals surface area contributed by atoms with Crippen LogP contribution in [0.5, 0.6) is 0 Å². The van der Waals surface area contributed by atoms with Crippen LogP contribution in [0, 0.1) is 11.3 Å². The van der Waals surface area contributed by atoms with Crippen molar-refractivity contribution in [3.63, 3.8) is 0 Å². The van der Waals surface area contributed by atoms with Crippen molar-refractivity contribution in [2.24, 2.45) is 11.3 Å². The minimum Gasteiger partial charge on any atom is -0.480 e. The maximum atomic E-state index is 12.1. The highest BCUT2D eigenvalue weighted by molar-refractivity contribution is 5.85. The van der Waals surface area contributed by atoms with Crippen LogP contribution in [0.2, 0.25) is 0 Å². The highest BCUT2D eigenvalue weighted by Gasteiger charge is 2.38. The lowest BCUT2D eigenvalue weighted by atomic mass is 9.68. The van der Waals surface area contributed by atoms with Gasteiger partial charge in [-0.2, -0.15) is 0 Å². The number of amides is 1. The molecule has 0 aromatic rings. The summed E-state index contributed by atoms with van der Waals surface area (Å²) >= 11 is 0. The number of rotatable bonds is 4. The molecule has 0 saturated heterocycles. The first-order valence-electron chi connectivity index (χ1n) is 6.41. The van der Waals surface area contributed by atoms with E-state index in [2.05, 4.69) is 19.2 Å². The van der Waals surface area contributed by atoms with Gasteiger partial charge in [0.05, 0.1) is 0 Å². The molecule has 0 heterocycles. The van der Waals surface area contributed by atoms with E-state index in [1.54, 1.807) is 6.92 Å². The molecule has 1 amide bonds. The van der Waals surface area contributed by atoms with Crippen LogP contribution >= 0.6 is 0 Å². The lowest BCUT2D eigenvalue weighted by Crippen LogP contribution is -2.47. The predicted molar refractivity (Wildman–Crippen MR) is 65.6 cm³/mol. The number of carbonyl (C=O) groups excluding carboxylic acids is 1. The zero-order chi connectivity index (χ0) is 13.1. The summed E-state index contributed by atoms with van der Waals surface area (Å²) in [5, 5.41) is 11.6. The second-order valence-corrected chi connectivity index (χ2v) is 5.59. The minimum absolute atomic E-state index is 0.0148. The molecule has 0 aromatic carbocycles. The van der Waals surface area contributed by atoms with Gasteiger partial charge in [0.25, 0.3) is 0 Å². The van der Waals surface area contributed by atoms with Gasteiger partial charge in [0.15, 0.2) is 0 Å². The molecule has 4 heteroatoms. The molecular formula is C13H23NO3. The van der Waals surface area contributed by atoms with Crippen LogP contribution in [0.25, 0.3) is 0 Å². The van der Waals surface area contributed by atoms with E-state index in [1.807, 2.05) is 0 Å². The van der Waals surface area contributed by atoms with E-state index in [9.17, 15) is 9.59 Å². The topological polar surface area (TPSA) is 66.4 Å². The second-order valence-electron chi connectivity index (χ2n) is 5.59. The molecule has 1 saturated carbocycles. The first-order valence-corrected chi connectivity index (χ1v) is 6.41. The molecule has 0 spiro atoms. The van der Waals surface area contributed by atoms with Crippen molar-refractivity contribution in [1.29, 1.82) is 0 Å². The first kappa shape index (κ1) is 14.0. The fourth-order valence-corrected chi connectivity index (χ4v) is 2.59. The molecule has 2 atom stereocenters. The van der Waals surface area contributed by atoms with Crippen LogP contribution in [0.1, 0.15) is 52.9 Å². The van der Waals surface area contributed by atoms with Gasteiger partial charge in [-0.3, -0.25) is 4.79 Å². The number of hydrogen-bond donors (Lipinski definition) is 2. The Labute approximate surface area is 103 Å². The molecule has 1 rings (SSSR count). The average molecular weight is 241 g/mol. The van der Waals surface area contributed by atoms with Crippen molar-refractivity contribution in [1.82, 2.24) is 5.32 Å². The normalized spacial score (nSPS) is 25.0. The van der Waals surface area contributed by atoms with Crippen LogP contribution in [0.15, 0.2) is 0 Å². The van der Waals surface area contributed by atoms with Gasteiger partial charge < -0.3 is 10.4 Å². The maximum Gasteiger partial charge on any atom is 0.326 e. The van der Waals surface area contributed by atoms with Crippen molar-refractivity contribution in [2.75, 3.05) is 0 Å². The molecule has 0 aliphatic heterocycles. The van der Waals surface area contributed by atoms with Crippen molar-refractivity contribution < 1.29 is 14.7 Å². The number of nitrogens with one attached hydrogen (secondary N) is 1. The van der Waals surface area contributed by atoms with E-state index in [0.29, 0.717) is 6.42 Å². The Morgan fingerprint density at radius 1 is 1.41 bits per heavy atom. The van der Waals surface area contributed by atoms with Gasteiger partial charge in [-0.1, -0.05) is 33.6 Å². The molecule has 4 nitrogen and oxygen atoms in total. The fourth-order valence-electron chi connectivity index (χ4n) is 2.59. The zero-order valence-corrected chi connectivity index (χ0v) is 11.0. The summed E-state index contributed by atoms with van der Waals surface area (Å²) in [7, 11) is 0. The van der Waals surface area contributed by atoms with E-state index >= 15 is 0 Å². The van der Waals surface area contributed by atoms with Crippen molar-refractivity contribution in [3.8, 4) is 0 Å². The molecular weight excluding hydrogens is 218 g/mol. The Bertz CT molecular complexity index is 299. The summed E-state index contributed by atoms with van der Waals surface area (Å²) in [4.78, 5) is 23.0. The summed E-state index contributed by atoms with van der Waals surface area (Å²) in [6.45, 7) is 5.96. The van der Waals surface area contributed by atoms with Gasteiger partial charge in [0, 0.05) is 5.92 Å². The van der Waals surface area contributed by atoms with E-state index in [1.165, 1.54) is 0 Å². The van der Waals surface area contributed by atoms with Gasteiger partial charge in [0.1, 0.15) is 6.04 Å². The summed E-state index contributed by atoms with van der Waals surface area (Å²) in [6.07, 6.45) is 4.55. The quantitative estimate of drug-likeness (QED) is 0.792. The van der Waals surface area contributed by atoms with Gasteiger partial charge in [0.2, 0.25) is 5.91 Å². The summed E-state index contributed by atoms with van der Waals surface area (Å²) in [5.74, 6) is -1.09. The average Bonchev–Trinajstić information content (AvgIpc) is 2.24. The molecule has 98 valence electrons. The van der Waals surface area contributed by atoms with Crippen LogP contribution in [-0.2, 0) is 9.59 Å². The molecule has 1 fully saturated rings.